The Morgan fingerprint density at radius 1 is 1.11 bits per heavy atom. The fourth-order valence-electron chi connectivity index (χ4n) is 4.00. The molecule has 1 fully saturated rings. The maximum atomic E-state index is 12.5. The number of urea groups is 1. The first-order valence-electron chi connectivity index (χ1n) is 12.3. The van der Waals surface area contributed by atoms with Crippen molar-refractivity contribution in [3.8, 4) is 23.1 Å². The lowest BCUT2D eigenvalue weighted by Gasteiger charge is -2.16. The molecular weight excluding hydrogens is 488 g/mol. The normalized spacial score (nSPS) is 15.3. The van der Waals surface area contributed by atoms with Gasteiger partial charge >= 0.3 is 6.03 Å². The van der Waals surface area contributed by atoms with E-state index in [2.05, 4.69) is 31.1 Å². The number of carbonyl (C=O) groups is 1. The van der Waals surface area contributed by atoms with Gasteiger partial charge in [-0.3, -0.25) is 5.32 Å². The van der Waals surface area contributed by atoms with E-state index in [1.54, 1.807) is 37.4 Å². The second kappa shape index (κ2) is 10.5. The van der Waals surface area contributed by atoms with E-state index >= 15 is 0 Å². The molecule has 2 amide bonds. The number of methoxy groups -OCH3 is 1. The summed E-state index contributed by atoms with van der Waals surface area (Å²) in [5.74, 6) is 3.02. The van der Waals surface area contributed by atoms with Crippen LogP contribution in [0.3, 0.4) is 0 Å². The number of benzene rings is 2. The molecular formula is C27H30N6O5. The van der Waals surface area contributed by atoms with Gasteiger partial charge in [-0.1, -0.05) is 32.0 Å². The summed E-state index contributed by atoms with van der Waals surface area (Å²) in [6, 6.07) is 11.9. The van der Waals surface area contributed by atoms with Gasteiger partial charge in [-0.25, -0.2) is 14.8 Å². The zero-order valence-corrected chi connectivity index (χ0v) is 21.7. The zero-order valence-electron chi connectivity index (χ0n) is 21.7. The number of ether oxygens (including phenoxy) is 3. The highest BCUT2D eigenvalue weighted by Gasteiger charge is 2.21. The highest BCUT2D eigenvalue weighted by molar-refractivity contribution is 5.99. The lowest BCUT2D eigenvalue weighted by atomic mass is 9.93. The van der Waals surface area contributed by atoms with Crippen LogP contribution in [0.2, 0.25) is 0 Å². The Morgan fingerprint density at radius 3 is 2.71 bits per heavy atom. The second-order valence-electron chi connectivity index (χ2n) is 9.97. The number of aromatic nitrogens is 3. The van der Waals surface area contributed by atoms with E-state index in [0.29, 0.717) is 51.3 Å². The Bertz CT molecular complexity index is 1440. The lowest BCUT2D eigenvalue weighted by Crippen LogP contribution is -2.19. The number of nitrogens with zero attached hydrogens (tertiary/aromatic N) is 3. The Balaban J connectivity index is 1.31. The molecule has 0 radical (unpaired) electrons. The van der Waals surface area contributed by atoms with Crippen LogP contribution in [0.4, 0.5) is 16.3 Å². The van der Waals surface area contributed by atoms with E-state index in [-0.39, 0.29) is 11.5 Å². The summed E-state index contributed by atoms with van der Waals surface area (Å²) in [7, 11) is 1.59. The number of hydrogen-bond donors (Lipinski definition) is 3. The van der Waals surface area contributed by atoms with Crippen molar-refractivity contribution in [2.45, 2.75) is 38.7 Å². The fourth-order valence-corrected chi connectivity index (χ4v) is 4.00. The molecule has 3 N–H and O–H groups in total. The number of amides is 2. The van der Waals surface area contributed by atoms with Gasteiger partial charge in [0.15, 0.2) is 17.3 Å². The Kier molecular flexibility index (Phi) is 7.01. The molecule has 0 saturated carbocycles. The number of anilines is 2. The van der Waals surface area contributed by atoms with Crippen molar-refractivity contribution < 1.29 is 23.5 Å². The molecule has 0 spiro atoms. The maximum Gasteiger partial charge on any atom is 0.324 e. The number of nitrogens with one attached hydrogen (secondary N) is 3. The molecule has 38 heavy (non-hydrogen) atoms. The van der Waals surface area contributed by atoms with Crippen molar-refractivity contribution in [1.82, 2.24) is 20.4 Å². The number of rotatable bonds is 7. The van der Waals surface area contributed by atoms with Crippen molar-refractivity contribution in [1.29, 1.82) is 0 Å². The van der Waals surface area contributed by atoms with Crippen LogP contribution in [0.15, 0.2) is 53.3 Å². The van der Waals surface area contributed by atoms with Crippen LogP contribution in [0, 0.1) is 0 Å². The number of hydrogen-bond acceptors (Lipinski definition) is 9. The van der Waals surface area contributed by atoms with Crippen LogP contribution in [0.1, 0.15) is 33.0 Å². The molecule has 1 unspecified atom stereocenters. The SMILES string of the molecule is COc1cc2c(Oc3cccc(NC(=O)Nc4cc(C(C)(C)C)on4)c3)ncnc2cc1OC1CCNC1. The predicted octanol–water partition coefficient (Wildman–Crippen LogP) is 5.10. The smallest absolute Gasteiger partial charge is 0.324 e. The number of fused-ring (bicyclic) bond motifs is 1. The van der Waals surface area contributed by atoms with E-state index in [1.165, 1.54) is 6.33 Å². The van der Waals surface area contributed by atoms with E-state index in [1.807, 2.05) is 32.9 Å². The Labute approximate surface area is 219 Å². The molecule has 3 heterocycles. The molecule has 0 bridgehead atoms. The highest BCUT2D eigenvalue weighted by atomic mass is 16.5. The second-order valence-corrected chi connectivity index (χ2v) is 9.97. The van der Waals surface area contributed by atoms with Crippen molar-refractivity contribution in [3.63, 3.8) is 0 Å². The quantitative estimate of drug-likeness (QED) is 0.305. The van der Waals surface area contributed by atoms with Crippen LogP contribution >= 0.6 is 0 Å². The average Bonchev–Trinajstić information content (AvgIpc) is 3.56. The standard InChI is InChI=1S/C27H30N6O5/c1-27(2,3)23-13-24(33-38-23)32-26(34)31-16-6-5-7-17(10-16)37-25-19-11-21(35-4)22(12-20(19)29-15-30-25)36-18-8-9-28-14-18/h5-7,10-13,15,18,28H,8-9,14H2,1-4H3,(H2,31,32,33,34). The van der Waals surface area contributed by atoms with Crippen LogP contribution in [-0.4, -0.2) is 47.5 Å². The minimum Gasteiger partial charge on any atom is -0.493 e. The summed E-state index contributed by atoms with van der Waals surface area (Å²) in [6.07, 6.45) is 2.44. The third-order valence-corrected chi connectivity index (χ3v) is 5.99. The van der Waals surface area contributed by atoms with Crippen molar-refractivity contribution in [2.24, 2.45) is 0 Å². The minimum absolute atomic E-state index is 0.0798. The first kappa shape index (κ1) is 25.3. The average molecular weight is 519 g/mol. The van der Waals surface area contributed by atoms with Crippen molar-refractivity contribution >= 4 is 28.4 Å². The molecule has 1 saturated heterocycles. The van der Waals surface area contributed by atoms with E-state index < -0.39 is 6.03 Å². The van der Waals surface area contributed by atoms with Crippen LogP contribution in [0.25, 0.3) is 10.9 Å². The molecule has 2 aromatic heterocycles. The topological polar surface area (TPSA) is 133 Å². The Hall–Kier alpha value is -4.38. The molecule has 11 heteroatoms. The van der Waals surface area contributed by atoms with Gasteiger partial charge < -0.3 is 29.4 Å². The molecule has 1 aliphatic rings. The molecule has 2 aromatic carbocycles. The van der Waals surface area contributed by atoms with Gasteiger partial charge in [0.1, 0.15) is 23.9 Å². The van der Waals surface area contributed by atoms with Gasteiger partial charge in [0.25, 0.3) is 0 Å². The molecule has 0 aliphatic carbocycles. The van der Waals surface area contributed by atoms with Gasteiger partial charge in [-0.2, -0.15) is 0 Å². The third kappa shape index (κ3) is 5.78. The summed E-state index contributed by atoms with van der Waals surface area (Å²) < 4.78 is 23.1. The highest BCUT2D eigenvalue weighted by Crippen LogP contribution is 2.37. The van der Waals surface area contributed by atoms with Crippen LogP contribution < -0.4 is 30.2 Å². The fraction of sp³-hybridized carbons (Fsp3) is 0.333. The third-order valence-electron chi connectivity index (χ3n) is 5.99. The molecule has 198 valence electrons. The van der Waals surface area contributed by atoms with Gasteiger partial charge in [-0.05, 0) is 31.2 Å². The van der Waals surface area contributed by atoms with Crippen molar-refractivity contribution in [2.75, 3.05) is 30.8 Å². The van der Waals surface area contributed by atoms with Gasteiger partial charge in [0.2, 0.25) is 5.88 Å². The van der Waals surface area contributed by atoms with E-state index in [4.69, 9.17) is 18.7 Å². The summed E-state index contributed by atoms with van der Waals surface area (Å²) in [4.78, 5) is 21.2. The van der Waals surface area contributed by atoms with Crippen LogP contribution in [0.5, 0.6) is 23.1 Å². The monoisotopic (exact) mass is 518 g/mol. The lowest BCUT2D eigenvalue weighted by molar-refractivity contribution is 0.213. The van der Waals surface area contributed by atoms with Crippen LogP contribution in [-0.2, 0) is 5.41 Å². The zero-order chi connectivity index (χ0) is 26.7. The van der Waals surface area contributed by atoms with Crippen molar-refractivity contribution in [3.05, 3.63) is 54.6 Å². The first-order chi connectivity index (χ1) is 18.3. The Morgan fingerprint density at radius 2 is 1.97 bits per heavy atom. The summed E-state index contributed by atoms with van der Waals surface area (Å²) in [6.45, 7) is 7.72. The molecule has 5 rings (SSSR count). The predicted molar refractivity (Wildman–Crippen MR) is 142 cm³/mol. The minimum atomic E-state index is -0.460. The summed E-state index contributed by atoms with van der Waals surface area (Å²) in [5.41, 5.74) is 0.968. The molecule has 1 atom stereocenters. The largest absolute Gasteiger partial charge is 0.493 e. The van der Waals surface area contributed by atoms with Gasteiger partial charge in [0, 0.05) is 35.8 Å². The van der Waals surface area contributed by atoms with E-state index in [9.17, 15) is 4.79 Å². The first-order valence-corrected chi connectivity index (χ1v) is 12.3. The molecule has 1 aliphatic heterocycles. The molecule has 11 nitrogen and oxygen atoms in total. The van der Waals surface area contributed by atoms with Gasteiger partial charge in [-0.15, -0.1) is 0 Å². The van der Waals surface area contributed by atoms with E-state index in [0.717, 1.165) is 19.5 Å². The summed E-state index contributed by atoms with van der Waals surface area (Å²) in [5, 5.41) is 13.3. The number of carbonyl (C=O) groups excluding carboxylic acids is 1. The summed E-state index contributed by atoms with van der Waals surface area (Å²) >= 11 is 0. The maximum absolute atomic E-state index is 12.5. The van der Waals surface area contributed by atoms with Gasteiger partial charge in [0.05, 0.1) is 18.0 Å². The molecule has 4 aromatic rings.